The fourth-order valence-corrected chi connectivity index (χ4v) is 3.60. The molecule has 0 aliphatic carbocycles. The number of nitrogen functional groups attached to an aromatic ring is 1. The summed E-state index contributed by atoms with van der Waals surface area (Å²) in [6, 6.07) is 8.01. The maximum Gasteiger partial charge on any atom is 0.0753 e. The average molecular weight is 305 g/mol. The zero-order valence-electron chi connectivity index (χ0n) is 12.9. The highest BCUT2D eigenvalue weighted by Crippen LogP contribution is 2.22. The number of aromatic nitrogens is 2. The van der Waals surface area contributed by atoms with Crippen LogP contribution in [0.25, 0.3) is 0 Å². The van der Waals surface area contributed by atoms with Crippen LogP contribution in [0, 0.1) is 6.92 Å². The highest BCUT2D eigenvalue weighted by Gasteiger charge is 2.13. The van der Waals surface area contributed by atoms with E-state index in [1.807, 2.05) is 42.1 Å². The highest BCUT2D eigenvalue weighted by molar-refractivity contribution is 7.84. The van der Waals surface area contributed by atoms with E-state index in [9.17, 15) is 4.21 Å². The summed E-state index contributed by atoms with van der Waals surface area (Å²) < 4.78 is 14.5. The van der Waals surface area contributed by atoms with Crippen LogP contribution in [0.4, 0.5) is 5.69 Å². The van der Waals surface area contributed by atoms with E-state index in [1.165, 1.54) is 0 Å². The van der Waals surface area contributed by atoms with Gasteiger partial charge in [0.2, 0.25) is 0 Å². The molecule has 5 heteroatoms. The lowest BCUT2D eigenvalue weighted by Crippen LogP contribution is -2.08. The monoisotopic (exact) mass is 305 g/mol. The number of nitrogens with zero attached hydrogens (tertiary/aromatic N) is 2. The molecule has 0 bridgehead atoms. The first-order chi connectivity index (χ1) is 10.1. The molecule has 0 aliphatic heterocycles. The van der Waals surface area contributed by atoms with E-state index in [1.54, 1.807) is 0 Å². The van der Waals surface area contributed by atoms with Gasteiger partial charge in [0.15, 0.2) is 0 Å². The van der Waals surface area contributed by atoms with Gasteiger partial charge in [0.05, 0.1) is 38.9 Å². The van der Waals surface area contributed by atoms with Crippen LogP contribution >= 0.6 is 0 Å². The molecule has 21 heavy (non-hydrogen) atoms. The van der Waals surface area contributed by atoms with Crippen molar-refractivity contribution in [1.82, 2.24) is 9.78 Å². The van der Waals surface area contributed by atoms with Crippen LogP contribution in [0.1, 0.15) is 44.0 Å². The Hall–Kier alpha value is -1.62. The van der Waals surface area contributed by atoms with Crippen molar-refractivity contribution in [2.45, 2.75) is 50.3 Å². The second kappa shape index (κ2) is 6.89. The molecule has 2 aromatic rings. The number of hydrogen-bond donors (Lipinski definition) is 1. The maximum absolute atomic E-state index is 12.5. The standard InChI is InChI=1S/C16H23N3OS/c1-4-14(5-2)19-10-9-13(18-19)11-21(20)15-8-6-7-12(3)16(15)17/h6-10,14H,4-5,11,17H2,1-3H3. The van der Waals surface area contributed by atoms with E-state index in [0.29, 0.717) is 22.4 Å². The van der Waals surface area contributed by atoms with E-state index in [-0.39, 0.29) is 0 Å². The van der Waals surface area contributed by atoms with Crippen molar-refractivity contribution in [3.63, 3.8) is 0 Å². The van der Waals surface area contributed by atoms with Crippen molar-refractivity contribution in [2.75, 3.05) is 5.73 Å². The van der Waals surface area contributed by atoms with Gasteiger partial charge in [-0.25, -0.2) is 0 Å². The van der Waals surface area contributed by atoms with Crippen LogP contribution in [0.2, 0.25) is 0 Å². The molecule has 1 unspecified atom stereocenters. The minimum atomic E-state index is -1.16. The molecule has 2 rings (SSSR count). The molecule has 0 saturated carbocycles. The largest absolute Gasteiger partial charge is 0.398 e. The number of aryl methyl sites for hydroxylation is 1. The predicted octanol–water partition coefficient (Wildman–Crippen LogP) is 3.44. The molecule has 4 nitrogen and oxygen atoms in total. The Balaban J connectivity index is 2.15. The molecule has 1 heterocycles. The highest BCUT2D eigenvalue weighted by atomic mass is 32.2. The summed E-state index contributed by atoms with van der Waals surface area (Å²) in [7, 11) is -1.16. The fraction of sp³-hybridized carbons (Fsp3) is 0.438. The minimum Gasteiger partial charge on any atom is -0.398 e. The topological polar surface area (TPSA) is 60.9 Å². The van der Waals surface area contributed by atoms with Gasteiger partial charge in [0.25, 0.3) is 0 Å². The molecule has 0 spiro atoms. The Morgan fingerprint density at radius 3 is 2.67 bits per heavy atom. The first-order valence-electron chi connectivity index (χ1n) is 7.34. The first-order valence-corrected chi connectivity index (χ1v) is 8.66. The smallest absolute Gasteiger partial charge is 0.0753 e. The Labute approximate surface area is 128 Å². The predicted molar refractivity (Wildman–Crippen MR) is 87.5 cm³/mol. The minimum absolute atomic E-state index is 0.404. The molecule has 0 fully saturated rings. The van der Waals surface area contributed by atoms with Crippen LogP contribution in [0.5, 0.6) is 0 Å². The average Bonchev–Trinajstić information content (AvgIpc) is 2.91. The zero-order chi connectivity index (χ0) is 15.4. The Bertz CT molecular complexity index is 632. The summed E-state index contributed by atoms with van der Waals surface area (Å²) in [6.45, 7) is 6.24. The van der Waals surface area contributed by atoms with Crippen LogP contribution in [0.3, 0.4) is 0 Å². The molecular formula is C16H23N3OS. The first kappa shape index (κ1) is 15.8. The number of anilines is 1. The van der Waals surface area contributed by atoms with Crippen LogP contribution in [-0.2, 0) is 16.6 Å². The van der Waals surface area contributed by atoms with Crippen molar-refractivity contribution in [3.05, 3.63) is 41.7 Å². The third-order valence-corrected chi connectivity index (χ3v) is 5.19. The molecule has 0 aliphatic rings. The number of para-hydroxylation sites is 1. The van der Waals surface area contributed by atoms with Crippen molar-refractivity contribution in [2.24, 2.45) is 0 Å². The molecule has 2 N–H and O–H groups in total. The lowest BCUT2D eigenvalue weighted by molar-refractivity contribution is 0.426. The van der Waals surface area contributed by atoms with Gasteiger partial charge in [-0.15, -0.1) is 0 Å². The third-order valence-electron chi connectivity index (χ3n) is 3.79. The maximum atomic E-state index is 12.5. The van der Waals surface area contributed by atoms with Crippen molar-refractivity contribution < 1.29 is 4.21 Å². The Morgan fingerprint density at radius 2 is 2.00 bits per heavy atom. The molecule has 0 saturated heterocycles. The summed E-state index contributed by atoms with van der Waals surface area (Å²) in [5.74, 6) is 0.404. The second-order valence-electron chi connectivity index (χ2n) is 5.23. The molecule has 0 amide bonds. The van der Waals surface area contributed by atoms with Gasteiger partial charge in [-0.2, -0.15) is 5.10 Å². The van der Waals surface area contributed by atoms with Gasteiger partial charge in [0, 0.05) is 6.20 Å². The molecule has 1 aromatic heterocycles. The van der Waals surface area contributed by atoms with Gasteiger partial charge in [-0.1, -0.05) is 26.0 Å². The molecular weight excluding hydrogens is 282 g/mol. The Kier molecular flexibility index (Phi) is 5.17. The number of benzene rings is 1. The second-order valence-corrected chi connectivity index (χ2v) is 6.65. The van der Waals surface area contributed by atoms with Gasteiger partial charge in [-0.3, -0.25) is 8.89 Å². The summed E-state index contributed by atoms with van der Waals surface area (Å²) in [5.41, 5.74) is 8.45. The van der Waals surface area contributed by atoms with Gasteiger partial charge in [-0.05, 0) is 37.5 Å². The molecule has 114 valence electrons. The van der Waals surface area contributed by atoms with E-state index in [4.69, 9.17) is 5.73 Å². The number of nitrogens with two attached hydrogens (primary N) is 1. The van der Waals surface area contributed by atoms with Gasteiger partial charge < -0.3 is 5.73 Å². The fourth-order valence-electron chi connectivity index (χ4n) is 2.38. The lowest BCUT2D eigenvalue weighted by atomic mass is 10.2. The molecule has 1 aromatic carbocycles. The van der Waals surface area contributed by atoms with Crippen LogP contribution in [0.15, 0.2) is 35.4 Å². The van der Waals surface area contributed by atoms with E-state index in [2.05, 4.69) is 18.9 Å². The van der Waals surface area contributed by atoms with Crippen LogP contribution < -0.4 is 5.73 Å². The van der Waals surface area contributed by atoms with Gasteiger partial charge >= 0.3 is 0 Å². The van der Waals surface area contributed by atoms with Gasteiger partial charge in [0.1, 0.15) is 0 Å². The van der Waals surface area contributed by atoms with Crippen molar-refractivity contribution >= 4 is 16.5 Å². The summed E-state index contributed by atoms with van der Waals surface area (Å²) in [6.07, 6.45) is 4.07. The van der Waals surface area contributed by atoms with Crippen molar-refractivity contribution in [3.8, 4) is 0 Å². The quantitative estimate of drug-likeness (QED) is 0.832. The van der Waals surface area contributed by atoms with E-state index >= 15 is 0 Å². The normalized spacial score (nSPS) is 12.8. The van der Waals surface area contributed by atoms with E-state index in [0.717, 1.165) is 24.1 Å². The zero-order valence-corrected chi connectivity index (χ0v) is 13.7. The summed E-state index contributed by atoms with van der Waals surface area (Å²) >= 11 is 0. The summed E-state index contributed by atoms with van der Waals surface area (Å²) in [5, 5.41) is 4.55. The lowest BCUT2D eigenvalue weighted by Gasteiger charge is -2.12. The summed E-state index contributed by atoms with van der Waals surface area (Å²) in [4.78, 5) is 0.701. The Morgan fingerprint density at radius 1 is 1.29 bits per heavy atom. The number of rotatable bonds is 6. The molecule has 0 radical (unpaired) electrons. The van der Waals surface area contributed by atoms with E-state index < -0.39 is 10.8 Å². The van der Waals surface area contributed by atoms with Crippen molar-refractivity contribution in [1.29, 1.82) is 0 Å². The third kappa shape index (κ3) is 3.53. The number of hydrogen-bond acceptors (Lipinski definition) is 3. The molecule has 1 atom stereocenters. The van der Waals surface area contributed by atoms with Crippen LogP contribution in [-0.4, -0.2) is 14.0 Å². The SMILES string of the molecule is CCC(CC)n1ccc(CS(=O)c2cccc(C)c2N)n1.